The predicted molar refractivity (Wildman–Crippen MR) is 85.2 cm³/mol. The number of nitro benzene ring substituents is 1. The number of benzene rings is 1. The van der Waals surface area contributed by atoms with Crippen LogP contribution in [0.1, 0.15) is 24.8 Å². The Morgan fingerprint density at radius 3 is 2.76 bits per heavy atom. The van der Waals surface area contributed by atoms with Gasteiger partial charge in [-0.05, 0) is 31.5 Å². The van der Waals surface area contributed by atoms with Gasteiger partial charge in [0.15, 0.2) is 0 Å². The van der Waals surface area contributed by atoms with Crippen molar-refractivity contribution in [2.75, 3.05) is 25.0 Å². The molecule has 1 atom stereocenters. The number of carbonyl (C=O) groups is 1. The molecule has 1 heterocycles. The van der Waals surface area contributed by atoms with Gasteiger partial charge in [0.05, 0.1) is 10.5 Å². The number of carbonyl (C=O) groups excluding carboxylic acids is 1. The Balaban J connectivity index is 1.87. The molecular weight excluding hydrogens is 341 g/mol. The molecule has 0 spiro atoms. The number of nitrogens with one attached hydrogen (secondary N) is 3. The molecule has 1 aliphatic rings. The van der Waals surface area contributed by atoms with Crippen molar-refractivity contribution in [2.45, 2.75) is 31.5 Å². The van der Waals surface area contributed by atoms with Crippen LogP contribution in [0.5, 0.6) is 0 Å². The zero-order valence-corrected chi connectivity index (χ0v) is 13.4. The molecule has 1 aromatic carbocycles. The minimum atomic E-state index is -4.66. The lowest BCUT2D eigenvalue weighted by Crippen LogP contribution is -2.37. The summed E-state index contributed by atoms with van der Waals surface area (Å²) in [6, 6.07) is 2.50. The molecule has 0 bridgehead atoms. The molecule has 0 saturated carbocycles. The molecule has 0 aliphatic carbocycles. The number of rotatable bonds is 7. The Morgan fingerprint density at radius 2 is 2.16 bits per heavy atom. The van der Waals surface area contributed by atoms with Crippen LogP contribution in [0.15, 0.2) is 18.2 Å². The highest BCUT2D eigenvalue weighted by atomic mass is 19.4. The van der Waals surface area contributed by atoms with E-state index in [1.807, 2.05) is 0 Å². The van der Waals surface area contributed by atoms with Crippen molar-refractivity contribution in [1.82, 2.24) is 10.6 Å². The summed E-state index contributed by atoms with van der Waals surface area (Å²) in [5.41, 5.74) is -1.82. The number of halogens is 3. The normalized spacial score (nSPS) is 17.3. The fourth-order valence-corrected chi connectivity index (χ4v) is 2.58. The van der Waals surface area contributed by atoms with Crippen molar-refractivity contribution in [1.29, 1.82) is 0 Å². The molecule has 1 fully saturated rings. The second-order valence-electron chi connectivity index (χ2n) is 5.76. The van der Waals surface area contributed by atoms with E-state index < -0.39 is 22.4 Å². The first kappa shape index (κ1) is 19.0. The second kappa shape index (κ2) is 8.15. The van der Waals surface area contributed by atoms with Crippen LogP contribution >= 0.6 is 0 Å². The second-order valence-corrected chi connectivity index (χ2v) is 5.76. The van der Waals surface area contributed by atoms with E-state index in [0.717, 1.165) is 31.5 Å². The summed E-state index contributed by atoms with van der Waals surface area (Å²) in [6.45, 7) is 1.52. The van der Waals surface area contributed by atoms with Gasteiger partial charge in [-0.15, -0.1) is 0 Å². The molecule has 1 unspecified atom stereocenters. The highest BCUT2D eigenvalue weighted by Gasteiger charge is 2.33. The first-order chi connectivity index (χ1) is 11.8. The first-order valence-electron chi connectivity index (χ1n) is 7.87. The summed E-state index contributed by atoms with van der Waals surface area (Å²) in [5, 5.41) is 19.6. The van der Waals surface area contributed by atoms with Crippen molar-refractivity contribution < 1.29 is 22.9 Å². The summed E-state index contributed by atoms with van der Waals surface area (Å²) in [5.74, 6) is -0.226. The Bertz CT molecular complexity index is 631. The van der Waals surface area contributed by atoms with Crippen LogP contribution in [-0.4, -0.2) is 36.5 Å². The molecule has 1 amide bonds. The molecule has 1 aliphatic heterocycles. The lowest BCUT2D eigenvalue weighted by molar-refractivity contribution is -0.384. The molecule has 138 valence electrons. The molecule has 0 radical (unpaired) electrons. The maximum atomic E-state index is 12.6. The molecule has 25 heavy (non-hydrogen) atoms. The van der Waals surface area contributed by atoms with E-state index in [-0.39, 0.29) is 30.6 Å². The van der Waals surface area contributed by atoms with Gasteiger partial charge in [0.1, 0.15) is 5.69 Å². The highest BCUT2D eigenvalue weighted by Crippen LogP contribution is 2.34. The molecular formula is C15H19F3N4O3. The smallest absolute Gasteiger partial charge is 0.379 e. The Kier molecular flexibility index (Phi) is 6.18. The largest absolute Gasteiger partial charge is 0.416 e. The third-order valence-corrected chi connectivity index (χ3v) is 3.90. The minimum Gasteiger partial charge on any atom is -0.379 e. The summed E-state index contributed by atoms with van der Waals surface area (Å²) in [7, 11) is 0. The van der Waals surface area contributed by atoms with Gasteiger partial charge in [0.2, 0.25) is 5.91 Å². The number of alkyl halides is 3. The van der Waals surface area contributed by atoms with Crippen LogP contribution in [-0.2, 0) is 11.0 Å². The molecule has 1 aromatic rings. The third kappa shape index (κ3) is 5.59. The lowest BCUT2D eigenvalue weighted by Gasteiger charge is -2.12. The van der Waals surface area contributed by atoms with Crippen LogP contribution in [0.25, 0.3) is 0 Å². The topological polar surface area (TPSA) is 96.3 Å². The fraction of sp³-hybridized carbons (Fsp3) is 0.533. The van der Waals surface area contributed by atoms with Gasteiger partial charge in [-0.1, -0.05) is 0 Å². The maximum Gasteiger partial charge on any atom is 0.416 e. The van der Waals surface area contributed by atoms with E-state index in [9.17, 15) is 28.1 Å². The number of nitrogens with zero attached hydrogens (tertiary/aromatic N) is 1. The molecule has 0 aromatic heterocycles. The quantitative estimate of drug-likeness (QED) is 0.512. The lowest BCUT2D eigenvalue weighted by atomic mass is 10.1. The van der Waals surface area contributed by atoms with Gasteiger partial charge >= 0.3 is 6.18 Å². The van der Waals surface area contributed by atoms with E-state index in [2.05, 4.69) is 16.0 Å². The van der Waals surface area contributed by atoms with Crippen molar-refractivity contribution in [3.05, 3.63) is 33.9 Å². The first-order valence-corrected chi connectivity index (χ1v) is 7.87. The van der Waals surface area contributed by atoms with Crippen molar-refractivity contribution in [3.8, 4) is 0 Å². The highest BCUT2D eigenvalue weighted by molar-refractivity contribution is 5.76. The van der Waals surface area contributed by atoms with E-state index in [4.69, 9.17) is 0 Å². The Labute approximate surface area is 142 Å². The standard InChI is InChI=1S/C15H19F3N4O3/c16-15(17,18)10-3-4-12(13(8-10)22(24)25)20-7-5-14(23)21-9-11-2-1-6-19-11/h3-4,8,11,19-20H,1-2,5-7,9H2,(H,21,23). The van der Waals surface area contributed by atoms with Crippen LogP contribution in [0.2, 0.25) is 0 Å². The fourth-order valence-electron chi connectivity index (χ4n) is 2.58. The van der Waals surface area contributed by atoms with E-state index in [0.29, 0.717) is 12.6 Å². The van der Waals surface area contributed by atoms with E-state index in [1.54, 1.807) is 0 Å². The third-order valence-electron chi connectivity index (χ3n) is 3.90. The van der Waals surface area contributed by atoms with Crippen LogP contribution in [0.3, 0.4) is 0 Å². The summed E-state index contributed by atoms with van der Waals surface area (Å²) in [4.78, 5) is 21.8. The van der Waals surface area contributed by atoms with Gasteiger partial charge in [-0.2, -0.15) is 13.2 Å². The number of hydrogen-bond donors (Lipinski definition) is 3. The summed E-state index contributed by atoms with van der Waals surface area (Å²) >= 11 is 0. The van der Waals surface area contributed by atoms with Crippen molar-refractivity contribution >= 4 is 17.3 Å². The summed E-state index contributed by atoms with van der Waals surface area (Å²) in [6.07, 6.45) is -2.53. The number of nitro groups is 1. The van der Waals surface area contributed by atoms with Gasteiger partial charge in [-0.3, -0.25) is 14.9 Å². The molecule has 3 N–H and O–H groups in total. The number of hydrogen-bond acceptors (Lipinski definition) is 5. The van der Waals surface area contributed by atoms with Crippen molar-refractivity contribution in [2.24, 2.45) is 0 Å². The minimum absolute atomic E-state index is 0.0525. The zero-order chi connectivity index (χ0) is 18.4. The zero-order valence-electron chi connectivity index (χ0n) is 13.4. The maximum absolute atomic E-state index is 12.6. The monoisotopic (exact) mass is 360 g/mol. The molecule has 10 heteroatoms. The Morgan fingerprint density at radius 1 is 1.40 bits per heavy atom. The van der Waals surface area contributed by atoms with Gasteiger partial charge in [-0.25, -0.2) is 0 Å². The van der Waals surface area contributed by atoms with E-state index in [1.165, 1.54) is 0 Å². The Hall–Kier alpha value is -2.36. The molecule has 2 rings (SSSR count). The molecule has 1 saturated heterocycles. The van der Waals surface area contributed by atoms with Crippen LogP contribution in [0, 0.1) is 10.1 Å². The predicted octanol–water partition coefficient (Wildman–Crippen LogP) is 2.28. The average molecular weight is 360 g/mol. The van der Waals surface area contributed by atoms with Gasteiger partial charge in [0, 0.05) is 31.6 Å². The van der Waals surface area contributed by atoms with Crippen molar-refractivity contribution in [3.63, 3.8) is 0 Å². The average Bonchev–Trinajstić information content (AvgIpc) is 3.05. The molecule has 7 nitrogen and oxygen atoms in total. The summed E-state index contributed by atoms with van der Waals surface area (Å²) < 4.78 is 37.9. The van der Waals surface area contributed by atoms with Gasteiger partial charge < -0.3 is 16.0 Å². The van der Waals surface area contributed by atoms with Gasteiger partial charge in [0.25, 0.3) is 5.69 Å². The number of anilines is 1. The van der Waals surface area contributed by atoms with E-state index >= 15 is 0 Å². The number of amides is 1. The SMILES string of the molecule is O=C(CCNc1ccc(C(F)(F)F)cc1[N+](=O)[O-])NCC1CCCN1. The van der Waals surface area contributed by atoms with Crippen LogP contribution in [0.4, 0.5) is 24.5 Å². The van der Waals surface area contributed by atoms with Crippen LogP contribution < -0.4 is 16.0 Å².